The molecule has 2 aromatic rings. The van der Waals surface area contributed by atoms with Crippen molar-refractivity contribution in [1.82, 2.24) is 9.88 Å². The SMILES string of the molecule is COC(=O)CCCNc1c(CC(=O)CCN(C)C(=O)OC(C)(C)C)cnc2cc(Br)ccc12. The zero-order valence-electron chi connectivity index (χ0n) is 19.9. The van der Waals surface area contributed by atoms with Crippen molar-refractivity contribution in [2.24, 2.45) is 0 Å². The lowest BCUT2D eigenvalue weighted by Crippen LogP contribution is -2.35. The fourth-order valence-electron chi connectivity index (χ4n) is 3.12. The number of nitrogens with zero attached hydrogens (tertiary/aromatic N) is 2. The van der Waals surface area contributed by atoms with Crippen molar-refractivity contribution < 1.29 is 23.9 Å². The van der Waals surface area contributed by atoms with E-state index in [1.165, 1.54) is 12.0 Å². The molecule has 8 nitrogen and oxygen atoms in total. The first-order valence-corrected chi connectivity index (χ1v) is 11.6. The van der Waals surface area contributed by atoms with E-state index >= 15 is 0 Å². The van der Waals surface area contributed by atoms with Gasteiger partial charge in [0, 0.05) is 66.7 Å². The van der Waals surface area contributed by atoms with E-state index in [1.54, 1.807) is 34.0 Å². The summed E-state index contributed by atoms with van der Waals surface area (Å²) in [6.07, 6.45) is 2.54. The number of aromatic nitrogens is 1. The Morgan fingerprint density at radius 3 is 2.58 bits per heavy atom. The smallest absolute Gasteiger partial charge is 0.410 e. The third-order valence-corrected chi connectivity index (χ3v) is 5.31. The molecule has 0 spiro atoms. The van der Waals surface area contributed by atoms with Crippen LogP contribution in [0.4, 0.5) is 10.5 Å². The first-order chi connectivity index (χ1) is 15.5. The molecule has 0 unspecified atom stereocenters. The van der Waals surface area contributed by atoms with Gasteiger partial charge in [0.1, 0.15) is 11.4 Å². The van der Waals surface area contributed by atoms with E-state index in [0.29, 0.717) is 19.4 Å². The fraction of sp³-hybridized carbons (Fsp3) is 0.500. The minimum atomic E-state index is -0.588. The van der Waals surface area contributed by atoms with Gasteiger partial charge in [-0.25, -0.2) is 4.79 Å². The number of carbonyl (C=O) groups is 3. The van der Waals surface area contributed by atoms with E-state index in [0.717, 1.165) is 26.6 Å². The largest absolute Gasteiger partial charge is 0.469 e. The summed E-state index contributed by atoms with van der Waals surface area (Å²) in [6, 6.07) is 5.78. The minimum absolute atomic E-state index is 0.0127. The zero-order chi connectivity index (χ0) is 24.6. The van der Waals surface area contributed by atoms with Gasteiger partial charge in [-0.05, 0) is 45.4 Å². The van der Waals surface area contributed by atoms with Gasteiger partial charge < -0.3 is 19.7 Å². The Balaban J connectivity index is 2.09. The highest BCUT2D eigenvalue weighted by molar-refractivity contribution is 9.10. The van der Waals surface area contributed by atoms with Gasteiger partial charge in [0.15, 0.2) is 0 Å². The fourth-order valence-corrected chi connectivity index (χ4v) is 3.47. The lowest BCUT2D eigenvalue weighted by Gasteiger charge is -2.24. The number of benzene rings is 1. The van der Waals surface area contributed by atoms with E-state index in [1.807, 2.05) is 18.2 Å². The van der Waals surface area contributed by atoms with Gasteiger partial charge in [-0.2, -0.15) is 0 Å². The van der Waals surface area contributed by atoms with Gasteiger partial charge >= 0.3 is 12.1 Å². The summed E-state index contributed by atoms with van der Waals surface area (Å²) in [5, 5.41) is 4.27. The molecule has 0 aliphatic rings. The summed E-state index contributed by atoms with van der Waals surface area (Å²) < 4.78 is 10.9. The first-order valence-electron chi connectivity index (χ1n) is 10.8. The molecule has 0 radical (unpaired) electrons. The molecule has 1 aromatic heterocycles. The summed E-state index contributed by atoms with van der Waals surface area (Å²) in [6.45, 7) is 6.22. The minimum Gasteiger partial charge on any atom is -0.469 e. The van der Waals surface area contributed by atoms with Crippen LogP contribution in [0, 0.1) is 0 Å². The van der Waals surface area contributed by atoms with Crippen molar-refractivity contribution in [1.29, 1.82) is 0 Å². The highest BCUT2D eigenvalue weighted by Gasteiger charge is 2.20. The van der Waals surface area contributed by atoms with E-state index in [9.17, 15) is 14.4 Å². The molecule has 180 valence electrons. The van der Waals surface area contributed by atoms with Gasteiger partial charge in [-0.1, -0.05) is 15.9 Å². The number of hydrogen-bond acceptors (Lipinski definition) is 7. The number of ether oxygens (including phenoxy) is 2. The van der Waals surface area contributed by atoms with Crippen LogP contribution in [0.15, 0.2) is 28.9 Å². The second-order valence-corrected chi connectivity index (χ2v) is 9.71. The number of fused-ring (bicyclic) bond motifs is 1. The number of Topliss-reactive ketones (excluding diaryl/α,β-unsaturated/α-hetero) is 1. The summed E-state index contributed by atoms with van der Waals surface area (Å²) in [5.74, 6) is -0.272. The molecule has 1 aromatic carbocycles. The van der Waals surface area contributed by atoms with Crippen molar-refractivity contribution in [3.8, 4) is 0 Å². The Kier molecular flexibility index (Phi) is 9.64. The lowest BCUT2D eigenvalue weighted by molar-refractivity contribution is -0.140. The van der Waals surface area contributed by atoms with Gasteiger partial charge in [-0.15, -0.1) is 0 Å². The molecular weight excluding hydrogens is 490 g/mol. The molecule has 0 aliphatic heterocycles. The summed E-state index contributed by atoms with van der Waals surface area (Å²) in [7, 11) is 2.99. The number of rotatable bonds is 10. The van der Waals surface area contributed by atoms with Crippen LogP contribution in [0.3, 0.4) is 0 Å². The predicted octanol–water partition coefficient (Wildman–Crippen LogP) is 4.73. The molecule has 33 heavy (non-hydrogen) atoms. The van der Waals surface area contributed by atoms with E-state index in [2.05, 4.69) is 31.0 Å². The molecule has 0 atom stereocenters. The van der Waals surface area contributed by atoms with Crippen LogP contribution < -0.4 is 5.32 Å². The lowest BCUT2D eigenvalue weighted by atomic mass is 10.0. The Labute approximate surface area is 203 Å². The second-order valence-electron chi connectivity index (χ2n) is 8.79. The number of carbonyl (C=O) groups excluding carboxylic acids is 3. The van der Waals surface area contributed by atoms with Crippen LogP contribution in [0.25, 0.3) is 10.9 Å². The van der Waals surface area contributed by atoms with Crippen molar-refractivity contribution in [3.05, 3.63) is 34.4 Å². The van der Waals surface area contributed by atoms with Crippen LogP contribution in [0.5, 0.6) is 0 Å². The number of anilines is 1. The molecule has 9 heteroatoms. The van der Waals surface area contributed by atoms with Crippen LogP contribution in [-0.4, -0.2) is 60.6 Å². The summed E-state index contributed by atoms with van der Waals surface area (Å²) in [5.41, 5.74) is 1.80. The zero-order valence-corrected chi connectivity index (χ0v) is 21.5. The topological polar surface area (TPSA) is 97.8 Å². The van der Waals surface area contributed by atoms with Gasteiger partial charge in [0.2, 0.25) is 0 Å². The van der Waals surface area contributed by atoms with Crippen molar-refractivity contribution >= 4 is 50.4 Å². The van der Waals surface area contributed by atoms with Gasteiger partial charge in [-0.3, -0.25) is 14.6 Å². The molecular formula is C24H32BrN3O5. The van der Waals surface area contributed by atoms with Gasteiger partial charge in [0.25, 0.3) is 0 Å². The first kappa shape index (κ1) is 26.6. The van der Waals surface area contributed by atoms with Gasteiger partial charge in [0.05, 0.1) is 12.6 Å². The van der Waals surface area contributed by atoms with E-state index in [4.69, 9.17) is 4.74 Å². The third-order valence-electron chi connectivity index (χ3n) is 4.82. The average Bonchev–Trinajstić information content (AvgIpc) is 2.74. The Bertz CT molecular complexity index is 1000. The molecule has 0 fully saturated rings. The molecule has 0 saturated carbocycles. The molecule has 1 amide bonds. The van der Waals surface area contributed by atoms with Crippen LogP contribution >= 0.6 is 15.9 Å². The van der Waals surface area contributed by atoms with E-state index in [-0.39, 0.29) is 31.1 Å². The monoisotopic (exact) mass is 521 g/mol. The number of halogens is 1. The molecule has 0 bridgehead atoms. The Morgan fingerprint density at radius 2 is 1.91 bits per heavy atom. The molecule has 0 saturated heterocycles. The van der Waals surface area contributed by atoms with Crippen LogP contribution in [0.2, 0.25) is 0 Å². The predicted molar refractivity (Wildman–Crippen MR) is 131 cm³/mol. The number of amides is 1. The second kappa shape index (κ2) is 12.0. The van der Waals surface area contributed by atoms with E-state index < -0.39 is 11.7 Å². The molecule has 2 rings (SSSR count). The third kappa shape index (κ3) is 8.64. The maximum atomic E-state index is 12.7. The summed E-state index contributed by atoms with van der Waals surface area (Å²) >= 11 is 3.46. The van der Waals surface area contributed by atoms with Crippen molar-refractivity contribution in [2.75, 3.05) is 32.6 Å². The maximum Gasteiger partial charge on any atom is 0.410 e. The molecule has 1 N–H and O–H groups in total. The van der Waals surface area contributed by atoms with Crippen molar-refractivity contribution in [3.63, 3.8) is 0 Å². The van der Waals surface area contributed by atoms with Crippen LogP contribution in [0.1, 0.15) is 45.6 Å². The average molecular weight is 522 g/mol. The number of ketones is 1. The quantitative estimate of drug-likeness (QED) is 0.356. The summed E-state index contributed by atoms with van der Waals surface area (Å²) in [4.78, 5) is 42.1. The Morgan fingerprint density at radius 1 is 1.18 bits per heavy atom. The maximum absolute atomic E-state index is 12.7. The highest BCUT2D eigenvalue weighted by Crippen LogP contribution is 2.29. The Hall–Kier alpha value is -2.68. The number of methoxy groups -OCH3 is 1. The number of pyridine rings is 1. The standard InChI is InChI=1S/C24H32BrN3O5/c1-24(2,3)33-23(31)28(4)12-10-18(29)13-16-15-27-20-14-17(25)8-9-19(20)22(16)26-11-6-7-21(30)32-5/h8-9,14-15H,6-7,10-13H2,1-5H3,(H,26,27). The normalized spacial score (nSPS) is 11.2. The highest BCUT2D eigenvalue weighted by atomic mass is 79.9. The number of hydrogen-bond donors (Lipinski definition) is 1. The molecule has 1 heterocycles. The van der Waals surface area contributed by atoms with Crippen LogP contribution in [-0.2, 0) is 25.5 Å². The molecule has 0 aliphatic carbocycles. The number of esters is 1. The number of nitrogens with one attached hydrogen (secondary N) is 1. The van der Waals surface area contributed by atoms with Crippen molar-refractivity contribution in [2.45, 2.75) is 52.1 Å².